The van der Waals surface area contributed by atoms with Crippen molar-refractivity contribution in [3.8, 4) is 0 Å². The highest BCUT2D eigenvalue weighted by atomic mass is 35.5. The fourth-order valence-electron chi connectivity index (χ4n) is 5.17. The second-order valence-electron chi connectivity index (χ2n) is 9.66. The van der Waals surface area contributed by atoms with E-state index in [-0.39, 0.29) is 38.5 Å². The number of amides is 1. The number of fused-ring (bicyclic) bond motifs is 2. The van der Waals surface area contributed by atoms with Crippen molar-refractivity contribution >= 4 is 49.2 Å². The van der Waals surface area contributed by atoms with Crippen LogP contribution in [0.15, 0.2) is 35.2 Å². The molecule has 3 aliphatic rings. The number of likely N-dealkylation sites (tertiary alicyclic amines) is 1. The molecular weight excluding hydrogens is 552 g/mol. The lowest BCUT2D eigenvalue weighted by molar-refractivity contribution is 0.0977. The van der Waals surface area contributed by atoms with Gasteiger partial charge in [0.2, 0.25) is 20.0 Å². The number of piperazine rings is 1. The third kappa shape index (κ3) is 5.14. The molecule has 2 atom stereocenters. The second kappa shape index (κ2) is 9.21. The van der Waals surface area contributed by atoms with Crippen molar-refractivity contribution in [3.63, 3.8) is 0 Å². The lowest BCUT2D eigenvalue weighted by Gasteiger charge is -2.34. The number of nitrogens with zero attached hydrogens (tertiary/aromatic N) is 2. The summed E-state index contributed by atoms with van der Waals surface area (Å²) in [5.41, 5.74) is 1.26. The van der Waals surface area contributed by atoms with Crippen LogP contribution in [-0.2, 0) is 26.6 Å². The maximum atomic E-state index is 14.9. The largest absolute Gasteiger partial charge is 0.293 e. The Bertz CT molecular complexity index is 1440. The molecule has 3 fully saturated rings. The first-order valence-corrected chi connectivity index (χ1v) is 15.5. The summed E-state index contributed by atoms with van der Waals surface area (Å²) < 4.78 is 67.5. The standard InChI is InChI=1S/C23H24Cl2FN3O5S2/c1-35(31,32)27-23(30)21-9-20(13-2-3-13)14(4-22(21)26)10-28-11-18-8-17(28)12-29(18)36(33,34)19-6-15(24)5-16(25)7-19/h4-7,9,13,17-18H,2-3,8,10-12H2,1H3,(H,27,30)/t17-,18-/m0/s1. The molecular formula is C23H24Cl2FN3O5S2. The predicted octanol–water partition coefficient (Wildman–Crippen LogP) is 3.35. The summed E-state index contributed by atoms with van der Waals surface area (Å²) >= 11 is 12.0. The maximum Gasteiger partial charge on any atom is 0.267 e. The van der Waals surface area contributed by atoms with Crippen LogP contribution in [0.5, 0.6) is 0 Å². The Morgan fingerprint density at radius 2 is 1.69 bits per heavy atom. The maximum absolute atomic E-state index is 14.9. The first kappa shape index (κ1) is 25.9. The van der Waals surface area contributed by atoms with Crippen LogP contribution in [0.1, 0.15) is 46.7 Å². The molecule has 2 aliphatic heterocycles. The minimum atomic E-state index is -3.83. The second-order valence-corrected chi connectivity index (χ2v) is 14.2. The van der Waals surface area contributed by atoms with Crippen molar-refractivity contribution in [2.75, 3.05) is 19.3 Å². The van der Waals surface area contributed by atoms with E-state index in [0.717, 1.165) is 30.2 Å². The van der Waals surface area contributed by atoms with E-state index in [2.05, 4.69) is 4.90 Å². The van der Waals surface area contributed by atoms with E-state index in [4.69, 9.17) is 23.2 Å². The Kier molecular flexibility index (Phi) is 6.62. The summed E-state index contributed by atoms with van der Waals surface area (Å²) in [6.07, 6.45) is 3.31. The molecule has 0 unspecified atom stereocenters. The zero-order chi connectivity index (χ0) is 26.0. The molecule has 1 saturated carbocycles. The number of carbonyl (C=O) groups excluding carboxylic acids is 1. The third-order valence-corrected chi connectivity index (χ3v) is 9.78. The molecule has 0 radical (unpaired) electrons. The van der Waals surface area contributed by atoms with Gasteiger partial charge in [0.1, 0.15) is 5.82 Å². The molecule has 2 heterocycles. The van der Waals surface area contributed by atoms with Crippen molar-refractivity contribution in [1.82, 2.24) is 13.9 Å². The summed E-state index contributed by atoms with van der Waals surface area (Å²) in [6, 6.07) is 6.75. The Hall–Kier alpha value is -1.76. The van der Waals surface area contributed by atoms with E-state index in [9.17, 15) is 26.0 Å². The highest BCUT2D eigenvalue weighted by molar-refractivity contribution is 7.89. The molecule has 8 nitrogen and oxygen atoms in total. The van der Waals surface area contributed by atoms with Gasteiger partial charge in [-0.1, -0.05) is 23.2 Å². The van der Waals surface area contributed by atoms with Gasteiger partial charge in [0.15, 0.2) is 0 Å². The SMILES string of the molecule is CS(=O)(=O)NC(=O)c1cc(C2CC2)c(CN2C[C@@H]3C[C@H]2CN3S(=O)(=O)c2cc(Cl)cc(Cl)c2)cc1F. The van der Waals surface area contributed by atoms with Crippen LogP contribution in [0.2, 0.25) is 10.0 Å². The topological polar surface area (TPSA) is 104 Å². The number of nitrogens with one attached hydrogen (secondary N) is 1. The Balaban J connectivity index is 1.35. The van der Waals surface area contributed by atoms with Gasteiger partial charge in [0, 0.05) is 41.8 Å². The minimum Gasteiger partial charge on any atom is -0.293 e. The Labute approximate surface area is 219 Å². The van der Waals surface area contributed by atoms with Crippen LogP contribution < -0.4 is 4.72 Å². The van der Waals surface area contributed by atoms with E-state index in [0.29, 0.717) is 26.1 Å². The van der Waals surface area contributed by atoms with Crippen molar-refractivity contribution < 1.29 is 26.0 Å². The monoisotopic (exact) mass is 575 g/mol. The van der Waals surface area contributed by atoms with Crippen molar-refractivity contribution in [3.05, 3.63) is 62.9 Å². The van der Waals surface area contributed by atoms with E-state index in [1.165, 1.54) is 34.6 Å². The van der Waals surface area contributed by atoms with Crippen LogP contribution >= 0.6 is 23.2 Å². The van der Waals surface area contributed by atoms with Gasteiger partial charge in [-0.2, -0.15) is 4.31 Å². The molecule has 1 aliphatic carbocycles. The number of sulfonamides is 2. The molecule has 1 amide bonds. The highest BCUT2D eigenvalue weighted by Gasteiger charge is 2.48. The normalized spacial score (nSPS) is 22.8. The molecule has 2 saturated heterocycles. The number of rotatable bonds is 7. The predicted molar refractivity (Wildman–Crippen MR) is 134 cm³/mol. The zero-order valence-electron chi connectivity index (χ0n) is 19.2. The van der Waals surface area contributed by atoms with Crippen molar-refractivity contribution in [2.45, 2.75) is 48.7 Å². The molecule has 0 spiro atoms. The summed E-state index contributed by atoms with van der Waals surface area (Å²) in [5, 5.41) is 0.491. The highest BCUT2D eigenvalue weighted by Crippen LogP contribution is 2.44. The average Bonchev–Trinajstić information content (AvgIpc) is 3.40. The molecule has 36 heavy (non-hydrogen) atoms. The first-order chi connectivity index (χ1) is 16.8. The fourth-order valence-corrected chi connectivity index (χ4v) is 8.01. The lowest BCUT2D eigenvalue weighted by Crippen LogP contribution is -2.48. The molecule has 2 aromatic carbocycles. The summed E-state index contributed by atoms with van der Waals surface area (Å²) in [7, 11) is -7.60. The lowest BCUT2D eigenvalue weighted by atomic mass is 9.98. The summed E-state index contributed by atoms with van der Waals surface area (Å²) in [6.45, 7) is 1.20. The first-order valence-electron chi connectivity index (χ1n) is 11.4. The molecule has 13 heteroatoms. The van der Waals surface area contributed by atoms with Crippen molar-refractivity contribution in [2.24, 2.45) is 0 Å². The van der Waals surface area contributed by atoms with Crippen LogP contribution in [0, 0.1) is 5.82 Å². The fraction of sp³-hybridized carbons (Fsp3) is 0.435. The number of halogens is 3. The summed E-state index contributed by atoms with van der Waals surface area (Å²) in [4.78, 5) is 14.5. The van der Waals surface area contributed by atoms with Gasteiger partial charge < -0.3 is 0 Å². The Morgan fingerprint density at radius 3 is 2.25 bits per heavy atom. The van der Waals surface area contributed by atoms with Crippen LogP contribution in [-0.4, -0.2) is 63.4 Å². The van der Waals surface area contributed by atoms with Crippen molar-refractivity contribution in [1.29, 1.82) is 0 Å². The smallest absolute Gasteiger partial charge is 0.267 e. The number of hydrogen-bond donors (Lipinski definition) is 1. The third-order valence-electron chi connectivity index (χ3n) is 6.89. The molecule has 194 valence electrons. The number of hydrogen-bond acceptors (Lipinski definition) is 6. The van der Waals surface area contributed by atoms with Gasteiger partial charge in [0.25, 0.3) is 5.91 Å². The molecule has 2 aromatic rings. The van der Waals surface area contributed by atoms with E-state index < -0.39 is 31.8 Å². The minimum absolute atomic E-state index is 0.0391. The Morgan fingerprint density at radius 1 is 1.03 bits per heavy atom. The van der Waals surface area contributed by atoms with E-state index in [1.807, 2.05) is 4.72 Å². The molecule has 1 N–H and O–H groups in total. The molecule has 5 rings (SSSR count). The average molecular weight is 576 g/mol. The quantitative estimate of drug-likeness (QED) is 0.543. The van der Waals surface area contributed by atoms with Gasteiger partial charge in [-0.25, -0.2) is 25.9 Å². The van der Waals surface area contributed by atoms with E-state index in [1.54, 1.807) is 0 Å². The molecule has 0 aromatic heterocycles. The van der Waals surface area contributed by atoms with Crippen LogP contribution in [0.4, 0.5) is 4.39 Å². The van der Waals surface area contributed by atoms with Crippen LogP contribution in [0.25, 0.3) is 0 Å². The van der Waals surface area contributed by atoms with E-state index >= 15 is 0 Å². The van der Waals surface area contributed by atoms with Gasteiger partial charge >= 0.3 is 0 Å². The zero-order valence-corrected chi connectivity index (χ0v) is 22.4. The van der Waals surface area contributed by atoms with Gasteiger partial charge in [-0.3, -0.25) is 9.69 Å². The van der Waals surface area contributed by atoms with Crippen LogP contribution in [0.3, 0.4) is 0 Å². The molecule has 2 bridgehead atoms. The van der Waals surface area contributed by atoms with Gasteiger partial charge in [-0.05, 0) is 66.6 Å². The van der Waals surface area contributed by atoms with Gasteiger partial charge in [-0.15, -0.1) is 0 Å². The number of carbonyl (C=O) groups is 1. The van der Waals surface area contributed by atoms with Gasteiger partial charge in [0.05, 0.1) is 16.7 Å². The summed E-state index contributed by atoms with van der Waals surface area (Å²) in [5.74, 6) is -1.60. The number of benzene rings is 2.